The fourth-order valence-corrected chi connectivity index (χ4v) is 2.65. The summed E-state index contributed by atoms with van der Waals surface area (Å²) in [5, 5.41) is 3.91. The van der Waals surface area contributed by atoms with E-state index in [1.807, 2.05) is 23.1 Å². The first-order valence-corrected chi connectivity index (χ1v) is 6.61. The molecule has 18 heavy (non-hydrogen) atoms. The van der Waals surface area contributed by atoms with Crippen LogP contribution < -0.4 is 5.32 Å². The Morgan fingerprint density at radius 1 is 1.56 bits per heavy atom. The second-order valence-corrected chi connectivity index (χ2v) is 5.43. The topological polar surface area (TPSA) is 32.3 Å². The molecule has 1 amide bonds. The van der Waals surface area contributed by atoms with Crippen LogP contribution in [-0.2, 0) is 11.2 Å². The lowest BCUT2D eigenvalue weighted by atomic mass is 10.0. The summed E-state index contributed by atoms with van der Waals surface area (Å²) >= 11 is 11.1. The number of nitrogens with zero attached hydrogens (tertiary/aromatic N) is 1. The van der Waals surface area contributed by atoms with Crippen LogP contribution in [0.5, 0.6) is 0 Å². The zero-order valence-corrected chi connectivity index (χ0v) is 11.9. The van der Waals surface area contributed by atoms with E-state index in [1.165, 1.54) is 11.1 Å². The third kappa shape index (κ3) is 2.82. The molecule has 1 aliphatic rings. The standard InChI is InChI=1S/C13H15ClN2OS/c1-8-3-4-11(14)6-10(8)5-9(2)16-7-12(17)15-13(16)18/h3-4,6,9H,5,7H2,1-2H3,(H,15,17,18). The molecule has 1 aromatic rings. The third-order valence-corrected chi connectivity index (χ3v) is 3.75. The van der Waals surface area contributed by atoms with Crippen LogP contribution >= 0.6 is 23.8 Å². The van der Waals surface area contributed by atoms with Crippen molar-refractivity contribution < 1.29 is 4.79 Å². The minimum Gasteiger partial charge on any atom is -0.337 e. The van der Waals surface area contributed by atoms with Gasteiger partial charge in [0.1, 0.15) is 0 Å². The number of halogens is 1. The van der Waals surface area contributed by atoms with Crippen molar-refractivity contribution in [1.29, 1.82) is 0 Å². The molecule has 1 N–H and O–H groups in total. The fourth-order valence-electron chi connectivity index (χ4n) is 2.10. The molecule has 1 heterocycles. The molecule has 1 fully saturated rings. The summed E-state index contributed by atoms with van der Waals surface area (Å²) in [6.07, 6.45) is 0.821. The van der Waals surface area contributed by atoms with Crippen LogP contribution in [-0.4, -0.2) is 28.5 Å². The molecule has 1 unspecified atom stereocenters. The first kappa shape index (κ1) is 13.3. The quantitative estimate of drug-likeness (QED) is 0.864. The SMILES string of the molecule is Cc1ccc(Cl)cc1CC(C)N1CC(=O)NC1=S. The Balaban J connectivity index is 2.11. The lowest BCUT2D eigenvalue weighted by Crippen LogP contribution is -2.37. The number of hydrogen-bond donors (Lipinski definition) is 1. The Hall–Kier alpha value is -1.13. The molecule has 0 bridgehead atoms. The van der Waals surface area contributed by atoms with E-state index in [-0.39, 0.29) is 11.9 Å². The highest BCUT2D eigenvalue weighted by atomic mass is 35.5. The molecule has 0 saturated carbocycles. The van der Waals surface area contributed by atoms with Gasteiger partial charge in [-0.1, -0.05) is 17.7 Å². The predicted octanol–water partition coefficient (Wildman–Crippen LogP) is 2.30. The third-order valence-electron chi connectivity index (χ3n) is 3.18. The number of nitrogens with one attached hydrogen (secondary N) is 1. The van der Waals surface area contributed by atoms with Crippen LogP contribution in [0.2, 0.25) is 5.02 Å². The number of rotatable bonds is 3. The van der Waals surface area contributed by atoms with E-state index in [1.54, 1.807) is 0 Å². The van der Waals surface area contributed by atoms with Crippen LogP contribution in [0.25, 0.3) is 0 Å². The van der Waals surface area contributed by atoms with Crippen LogP contribution in [0.3, 0.4) is 0 Å². The zero-order valence-electron chi connectivity index (χ0n) is 10.4. The van der Waals surface area contributed by atoms with E-state index in [2.05, 4.69) is 19.2 Å². The number of thiocarbonyl (C=S) groups is 1. The largest absolute Gasteiger partial charge is 0.337 e. The van der Waals surface area contributed by atoms with Crippen molar-refractivity contribution in [2.45, 2.75) is 26.3 Å². The molecule has 0 aromatic heterocycles. The van der Waals surface area contributed by atoms with Gasteiger partial charge in [-0.05, 0) is 55.7 Å². The normalized spacial score (nSPS) is 16.9. The Morgan fingerprint density at radius 3 is 2.89 bits per heavy atom. The number of amides is 1. The van der Waals surface area contributed by atoms with E-state index in [0.29, 0.717) is 11.7 Å². The van der Waals surface area contributed by atoms with Crippen molar-refractivity contribution in [3.8, 4) is 0 Å². The summed E-state index contributed by atoms with van der Waals surface area (Å²) in [4.78, 5) is 13.2. The summed E-state index contributed by atoms with van der Waals surface area (Å²) in [6.45, 7) is 4.47. The molecule has 0 aliphatic carbocycles. The second kappa shape index (κ2) is 5.24. The molecule has 1 atom stereocenters. The minimum atomic E-state index is -0.0327. The predicted molar refractivity (Wildman–Crippen MR) is 76.8 cm³/mol. The number of carbonyl (C=O) groups excluding carboxylic acids is 1. The van der Waals surface area contributed by atoms with Crippen LogP contribution in [0, 0.1) is 6.92 Å². The van der Waals surface area contributed by atoms with Crippen molar-refractivity contribution in [2.24, 2.45) is 0 Å². The number of aryl methyl sites for hydroxylation is 1. The lowest BCUT2D eigenvalue weighted by molar-refractivity contribution is -0.118. The Labute approximate surface area is 117 Å². The molecular formula is C13H15ClN2OS. The maximum Gasteiger partial charge on any atom is 0.245 e. The summed E-state index contributed by atoms with van der Waals surface area (Å²) in [6, 6.07) is 6.04. The van der Waals surface area contributed by atoms with Gasteiger partial charge in [0.2, 0.25) is 5.91 Å². The lowest BCUT2D eigenvalue weighted by Gasteiger charge is -2.24. The van der Waals surface area contributed by atoms with Gasteiger partial charge in [0.15, 0.2) is 5.11 Å². The number of hydrogen-bond acceptors (Lipinski definition) is 2. The van der Waals surface area contributed by atoms with Crippen molar-refractivity contribution in [3.63, 3.8) is 0 Å². The monoisotopic (exact) mass is 282 g/mol. The highest BCUT2D eigenvalue weighted by Gasteiger charge is 2.27. The van der Waals surface area contributed by atoms with Gasteiger partial charge in [-0.25, -0.2) is 0 Å². The molecule has 5 heteroatoms. The molecule has 1 saturated heterocycles. The van der Waals surface area contributed by atoms with E-state index in [9.17, 15) is 4.79 Å². The molecule has 96 valence electrons. The van der Waals surface area contributed by atoms with E-state index in [0.717, 1.165) is 11.4 Å². The van der Waals surface area contributed by atoms with Gasteiger partial charge < -0.3 is 10.2 Å². The summed E-state index contributed by atoms with van der Waals surface area (Å²) in [7, 11) is 0. The van der Waals surface area contributed by atoms with Crippen LogP contribution in [0.4, 0.5) is 0 Å². The van der Waals surface area contributed by atoms with Gasteiger partial charge in [0.05, 0.1) is 6.54 Å². The number of carbonyl (C=O) groups is 1. The van der Waals surface area contributed by atoms with Crippen LogP contribution in [0.15, 0.2) is 18.2 Å². The van der Waals surface area contributed by atoms with Crippen molar-refractivity contribution in [1.82, 2.24) is 10.2 Å². The van der Waals surface area contributed by atoms with Gasteiger partial charge >= 0.3 is 0 Å². The molecule has 1 aromatic carbocycles. The molecule has 1 aliphatic heterocycles. The van der Waals surface area contributed by atoms with Gasteiger partial charge in [-0.3, -0.25) is 4.79 Å². The minimum absolute atomic E-state index is 0.0327. The highest BCUT2D eigenvalue weighted by molar-refractivity contribution is 7.80. The molecule has 2 rings (SSSR count). The maximum atomic E-state index is 11.3. The van der Waals surface area contributed by atoms with E-state index < -0.39 is 0 Å². The zero-order chi connectivity index (χ0) is 13.3. The molecule has 0 spiro atoms. The Morgan fingerprint density at radius 2 is 2.28 bits per heavy atom. The summed E-state index contributed by atoms with van der Waals surface area (Å²) in [5.74, 6) is -0.0327. The van der Waals surface area contributed by atoms with Crippen molar-refractivity contribution >= 4 is 34.8 Å². The van der Waals surface area contributed by atoms with Crippen LogP contribution in [0.1, 0.15) is 18.1 Å². The number of benzene rings is 1. The average molecular weight is 283 g/mol. The average Bonchev–Trinajstić information content (AvgIpc) is 2.63. The van der Waals surface area contributed by atoms with Gasteiger partial charge in [-0.15, -0.1) is 0 Å². The van der Waals surface area contributed by atoms with Crippen molar-refractivity contribution in [2.75, 3.05) is 6.54 Å². The second-order valence-electron chi connectivity index (χ2n) is 4.61. The highest BCUT2D eigenvalue weighted by Crippen LogP contribution is 2.19. The van der Waals surface area contributed by atoms with Crippen molar-refractivity contribution in [3.05, 3.63) is 34.3 Å². The Bertz CT molecular complexity index is 504. The molecular weight excluding hydrogens is 268 g/mol. The summed E-state index contributed by atoms with van der Waals surface area (Å²) < 4.78 is 0. The molecule has 3 nitrogen and oxygen atoms in total. The maximum absolute atomic E-state index is 11.3. The smallest absolute Gasteiger partial charge is 0.245 e. The first-order valence-electron chi connectivity index (χ1n) is 5.83. The molecule has 0 radical (unpaired) electrons. The van der Waals surface area contributed by atoms with E-state index >= 15 is 0 Å². The van der Waals surface area contributed by atoms with Gasteiger partial charge in [0.25, 0.3) is 0 Å². The van der Waals surface area contributed by atoms with Gasteiger partial charge in [0, 0.05) is 11.1 Å². The Kier molecular flexibility index (Phi) is 3.88. The summed E-state index contributed by atoms with van der Waals surface area (Å²) in [5.41, 5.74) is 2.40. The first-order chi connectivity index (χ1) is 8.47. The fraction of sp³-hybridized carbons (Fsp3) is 0.385. The van der Waals surface area contributed by atoms with E-state index in [4.69, 9.17) is 23.8 Å². The van der Waals surface area contributed by atoms with Gasteiger partial charge in [-0.2, -0.15) is 0 Å².